The Morgan fingerprint density at radius 1 is 1.35 bits per heavy atom. The molecule has 0 saturated heterocycles. The summed E-state index contributed by atoms with van der Waals surface area (Å²) in [6.07, 6.45) is 5.13. The molecule has 0 spiro atoms. The number of hydrogen-bond donors (Lipinski definition) is 0. The number of ether oxygens (including phenoxy) is 1. The van der Waals surface area contributed by atoms with E-state index in [0.717, 1.165) is 18.1 Å². The molecule has 1 aliphatic carbocycles. The Balaban J connectivity index is 2.06. The van der Waals surface area contributed by atoms with Gasteiger partial charge in [0, 0.05) is 4.83 Å². The number of hydrogen-bond acceptors (Lipinski definition) is 1. The number of benzene rings is 1. The van der Waals surface area contributed by atoms with Crippen LogP contribution in [0.25, 0.3) is 0 Å². The van der Waals surface area contributed by atoms with Gasteiger partial charge in [0.1, 0.15) is 5.75 Å². The number of aryl methyl sites for hydroxylation is 2. The molecule has 94 valence electrons. The van der Waals surface area contributed by atoms with E-state index in [-0.39, 0.29) is 0 Å². The van der Waals surface area contributed by atoms with Gasteiger partial charge < -0.3 is 4.74 Å². The fourth-order valence-electron chi connectivity index (χ4n) is 2.31. The van der Waals surface area contributed by atoms with Gasteiger partial charge in [-0.2, -0.15) is 0 Å². The van der Waals surface area contributed by atoms with E-state index in [1.807, 2.05) is 0 Å². The van der Waals surface area contributed by atoms with Gasteiger partial charge in [-0.05, 0) is 62.1 Å². The maximum absolute atomic E-state index is 5.55. The zero-order chi connectivity index (χ0) is 12.4. The van der Waals surface area contributed by atoms with Gasteiger partial charge >= 0.3 is 0 Å². The van der Waals surface area contributed by atoms with Gasteiger partial charge in [-0.1, -0.05) is 28.1 Å². The monoisotopic (exact) mass is 296 g/mol. The normalized spacial score (nSPS) is 16.9. The number of methoxy groups -OCH3 is 1. The lowest BCUT2D eigenvalue weighted by molar-refractivity contribution is 0.405. The van der Waals surface area contributed by atoms with Crippen LogP contribution in [0.2, 0.25) is 0 Å². The molecule has 1 aromatic rings. The molecule has 2 rings (SSSR count). The van der Waals surface area contributed by atoms with Crippen LogP contribution in [-0.4, -0.2) is 11.9 Å². The van der Waals surface area contributed by atoms with Crippen molar-refractivity contribution in [3.8, 4) is 5.75 Å². The number of halogens is 1. The minimum absolute atomic E-state index is 0.689. The molecule has 2 heteroatoms. The molecule has 0 bridgehead atoms. The van der Waals surface area contributed by atoms with Crippen LogP contribution in [-0.2, 0) is 6.42 Å². The van der Waals surface area contributed by atoms with Gasteiger partial charge in [-0.3, -0.25) is 0 Å². The van der Waals surface area contributed by atoms with Crippen molar-refractivity contribution < 1.29 is 4.74 Å². The van der Waals surface area contributed by atoms with E-state index >= 15 is 0 Å². The predicted octanol–water partition coefficient (Wildman–Crippen LogP) is 4.42. The fourth-order valence-corrected chi connectivity index (χ4v) is 3.07. The van der Waals surface area contributed by atoms with Gasteiger partial charge in [-0.15, -0.1) is 0 Å². The maximum Gasteiger partial charge on any atom is 0.125 e. The molecular weight excluding hydrogens is 276 g/mol. The minimum Gasteiger partial charge on any atom is -0.496 e. The third-order valence-electron chi connectivity index (χ3n) is 3.79. The highest BCUT2D eigenvalue weighted by atomic mass is 79.9. The van der Waals surface area contributed by atoms with Crippen molar-refractivity contribution in [3.63, 3.8) is 0 Å². The third kappa shape index (κ3) is 3.04. The van der Waals surface area contributed by atoms with Crippen molar-refractivity contribution in [2.45, 2.75) is 44.4 Å². The Bertz CT molecular complexity index is 396. The molecule has 1 saturated carbocycles. The van der Waals surface area contributed by atoms with E-state index in [9.17, 15) is 0 Å². The minimum atomic E-state index is 0.689. The first kappa shape index (κ1) is 12.9. The van der Waals surface area contributed by atoms with E-state index in [1.165, 1.54) is 36.0 Å². The summed E-state index contributed by atoms with van der Waals surface area (Å²) >= 11 is 3.80. The number of rotatable bonds is 5. The van der Waals surface area contributed by atoms with Crippen molar-refractivity contribution in [3.05, 3.63) is 28.8 Å². The first-order valence-corrected chi connectivity index (χ1v) is 7.32. The lowest BCUT2D eigenvalue weighted by Gasteiger charge is -2.15. The summed E-state index contributed by atoms with van der Waals surface area (Å²) in [6.45, 7) is 4.28. The lowest BCUT2D eigenvalue weighted by Crippen LogP contribution is -2.04. The van der Waals surface area contributed by atoms with Crippen molar-refractivity contribution in [2.24, 2.45) is 5.92 Å². The standard InChI is InChI=1S/C15H21BrO/c1-10-4-5-13(15(17-3)11(10)2)8-9-14(16)12-6-7-12/h4-5,12,14H,6-9H2,1-3H3. The zero-order valence-corrected chi connectivity index (χ0v) is 12.5. The predicted molar refractivity (Wildman–Crippen MR) is 76.2 cm³/mol. The summed E-state index contributed by atoms with van der Waals surface area (Å²) in [5, 5.41) is 0. The Labute approximate surface area is 113 Å². The van der Waals surface area contributed by atoms with Crippen molar-refractivity contribution >= 4 is 15.9 Å². The summed E-state index contributed by atoms with van der Waals surface area (Å²) in [6, 6.07) is 4.42. The topological polar surface area (TPSA) is 9.23 Å². The molecule has 0 radical (unpaired) electrons. The van der Waals surface area contributed by atoms with Crippen LogP contribution in [0.1, 0.15) is 36.0 Å². The molecule has 17 heavy (non-hydrogen) atoms. The average Bonchev–Trinajstić information content (AvgIpc) is 3.14. The molecule has 0 aromatic heterocycles. The summed E-state index contributed by atoms with van der Waals surface area (Å²) in [4.78, 5) is 0.689. The zero-order valence-electron chi connectivity index (χ0n) is 10.9. The molecule has 0 heterocycles. The van der Waals surface area contributed by atoms with Crippen molar-refractivity contribution in [1.82, 2.24) is 0 Å². The SMILES string of the molecule is COc1c(CCC(Br)C2CC2)ccc(C)c1C. The van der Waals surface area contributed by atoms with Gasteiger partial charge in [0.15, 0.2) is 0 Å². The van der Waals surface area contributed by atoms with E-state index in [0.29, 0.717) is 4.83 Å². The van der Waals surface area contributed by atoms with E-state index < -0.39 is 0 Å². The fraction of sp³-hybridized carbons (Fsp3) is 0.600. The molecular formula is C15H21BrO. The first-order valence-electron chi connectivity index (χ1n) is 6.40. The molecule has 1 fully saturated rings. The van der Waals surface area contributed by atoms with Crippen LogP contribution in [0.4, 0.5) is 0 Å². The van der Waals surface area contributed by atoms with Gasteiger partial charge in [-0.25, -0.2) is 0 Å². The van der Waals surface area contributed by atoms with Gasteiger partial charge in [0.2, 0.25) is 0 Å². The Morgan fingerprint density at radius 2 is 2.06 bits per heavy atom. The summed E-state index contributed by atoms with van der Waals surface area (Å²) in [5.74, 6) is 2.01. The quantitative estimate of drug-likeness (QED) is 0.731. The first-order chi connectivity index (χ1) is 8.13. The van der Waals surface area contributed by atoms with Crippen LogP contribution in [0, 0.1) is 19.8 Å². The highest BCUT2D eigenvalue weighted by Gasteiger charge is 2.28. The highest BCUT2D eigenvalue weighted by Crippen LogP contribution is 2.39. The average molecular weight is 297 g/mol. The van der Waals surface area contributed by atoms with Crippen molar-refractivity contribution in [2.75, 3.05) is 7.11 Å². The van der Waals surface area contributed by atoms with Crippen LogP contribution >= 0.6 is 15.9 Å². The second-order valence-corrected chi connectivity index (χ2v) is 6.27. The Kier molecular flexibility index (Phi) is 4.13. The van der Waals surface area contributed by atoms with E-state index in [1.54, 1.807) is 7.11 Å². The van der Waals surface area contributed by atoms with E-state index in [2.05, 4.69) is 41.9 Å². The molecule has 1 aromatic carbocycles. The molecule has 1 aliphatic rings. The molecule has 1 unspecified atom stereocenters. The maximum atomic E-state index is 5.55. The molecule has 1 nitrogen and oxygen atoms in total. The van der Waals surface area contributed by atoms with Crippen LogP contribution in [0.3, 0.4) is 0 Å². The third-order valence-corrected chi connectivity index (χ3v) is 4.99. The van der Waals surface area contributed by atoms with Crippen LogP contribution < -0.4 is 4.74 Å². The number of alkyl halides is 1. The second-order valence-electron chi connectivity index (χ2n) is 5.09. The van der Waals surface area contributed by atoms with Crippen molar-refractivity contribution in [1.29, 1.82) is 0 Å². The largest absolute Gasteiger partial charge is 0.496 e. The van der Waals surface area contributed by atoms with Crippen LogP contribution in [0.15, 0.2) is 12.1 Å². The highest BCUT2D eigenvalue weighted by molar-refractivity contribution is 9.09. The van der Waals surface area contributed by atoms with Gasteiger partial charge in [0.05, 0.1) is 7.11 Å². The molecule has 0 N–H and O–H groups in total. The molecule has 0 amide bonds. The lowest BCUT2D eigenvalue weighted by atomic mass is 9.99. The summed E-state index contributed by atoms with van der Waals surface area (Å²) < 4.78 is 5.55. The molecule has 1 atom stereocenters. The van der Waals surface area contributed by atoms with E-state index in [4.69, 9.17) is 4.74 Å². The van der Waals surface area contributed by atoms with Gasteiger partial charge in [0.25, 0.3) is 0 Å². The summed E-state index contributed by atoms with van der Waals surface area (Å²) in [5.41, 5.74) is 3.94. The van der Waals surface area contributed by atoms with Crippen LogP contribution in [0.5, 0.6) is 5.75 Å². The molecule has 0 aliphatic heterocycles. The second kappa shape index (κ2) is 5.43. The summed E-state index contributed by atoms with van der Waals surface area (Å²) in [7, 11) is 1.78. The smallest absolute Gasteiger partial charge is 0.125 e. The Hall–Kier alpha value is -0.500. The Morgan fingerprint density at radius 3 is 2.65 bits per heavy atom.